The van der Waals surface area contributed by atoms with E-state index in [1.807, 2.05) is 0 Å². The number of amides is 1. The summed E-state index contributed by atoms with van der Waals surface area (Å²) in [5.41, 5.74) is 0. The van der Waals surface area contributed by atoms with Gasteiger partial charge in [0, 0.05) is 12.8 Å². The van der Waals surface area contributed by atoms with E-state index in [1.54, 1.807) is 0 Å². The van der Waals surface area contributed by atoms with Gasteiger partial charge in [0.15, 0.2) is 6.04 Å². The smallest absolute Gasteiger partial charge is 0.472 e. The zero-order chi connectivity index (χ0) is 52.0. The number of rotatable bonds is 55. The minimum Gasteiger partial charge on any atom is -0.480 e. The third-order valence-corrected chi connectivity index (χ3v) is 13.8. The molecule has 0 aliphatic carbocycles. The maximum Gasteiger partial charge on any atom is 0.472 e. The lowest BCUT2D eigenvalue weighted by Gasteiger charge is -2.18. The first-order chi connectivity index (χ1) is 34.6. The number of unbranched alkanes of at least 4 members (excludes halogenated alkanes) is 33. The monoisotopic (exact) mass is 1020 g/mol. The van der Waals surface area contributed by atoms with Crippen LogP contribution in [0.15, 0.2) is 48.6 Å². The predicted molar refractivity (Wildman–Crippen MR) is 295 cm³/mol. The van der Waals surface area contributed by atoms with Gasteiger partial charge in [-0.15, -0.1) is 0 Å². The predicted octanol–water partition coefficient (Wildman–Crippen LogP) is 16.9. The summed E-state index contributed by atoms with van der Waals surface area (Å²) in [5, 5.41) is 22.0. The number of carboxylic acid groups (broad SMARTS) is 1. The van der Waals surface area contributed by atoms with E-state index in [0.717, 1.165) is 83.5 Å². The minimum atomic E-state index is -4.77. The molecule has 0 saturated carbocycles. The van der Waals surface area contributed by atoms with Gasteiger partial charge in [0.25, 0.3) is 0 Å². The number of carbonyl (C=O) groups is 3. The van der Waals surface area contributed by atoms with Crippen LogP contribution in [-0.2, 0) is 32.7 Å². The third kappa shape index (κ3) is 53.5. The second-order valence-corrected chi connectivity index (χ2v) is 21.3. The summed E-state index contributed by atoms with van der Waals surface area (Å²) in [7, 11) is -4.77. The van der Waals surface area contributed by atoms with Gasteiger partial charge in [-0.1, -0.05) is 255 Å². The third-order valence-electron chi connectivity index (χ3n) is 12.9. The Morgan fingerprint density at radius 1 is 0.451 bits per heavy atom. The summed E-state index contributed by atoms with van der Waals surface area (Å²) < 4.78 is 27.0. The van der Waals surface area contributed by atoms with Crippen molar-refractivity contribution in [2.45, 2.75) is 289 Å². The van der Waals surface area contributed by atoms with Crippen molar-refractivity contribution in [2.75, 3.05) is 19.8 Å². The molecule has 0 fully saturated rings. The number of carbonyl (C=O) groups excluding carboxylic acids is 2. The Bertz CT molecular complexity index is 1380. The highest BCUT2D eigenvalue weighted by atomic mass is 31.2. The Labute approximate surface area is 434 Å². The highest BCUT2D eigenvalue weighted by Crippen LogP contribution is 2.43. The van der Waals surface area contributed by atoms with Gasteiger partial charge in [-0.05, 0) is 57.8 Å². The molecule has 0 radical (unpaired) electrons. The number of aliphatic hydroxyl groups excluding tert-OH is 1. The molecule has 0 saturated heterocycles. The number of aliphatic hydroxyl groups is 1. The molecule has 0 aromatic carbocycles. The molecule has 0 aromatic rings. The molecule has 0 spiro atoms. The van der Waals surface area contributed by atoms with E-state index in [2.05, 4.69) is 67.8 Å². The summed E-state index contributed by atoms with van der Waals surface area (Å²) in [6.07, 6.45) is 64.2. The second kappa shape index (κ2) is 53.7. The molecule has 0 bridgehead atoms. The normalized spacial score (nSPS) is 13.7. The fourth-order valence-corrected chi connectivity index (χ4v) is 9.13. The van der Waals surface area contributed by atoms with Crippen LogP contribution in [0.1, 0.15) is 277 Å². The number of aliphatic carboxylic acids is 1. The molecule has 11 nitrogen and oxygen atoms in total. The van der Waals surface area contributed by atoms with E-state index in [-0.39, 0.29) is 12.8 Å². The van der Waals surface area contributed by atoms with Crippen LogP contribution < -0.4 is 5.32 Å². The summed E-state index contributed by atoms with van der Waals surface area (Å²) >= 11 is 0. The van der Waals surface area contributed by atoms with Crippen molar-refractivity contribution < 1.29 is 47.8 Å². The average molecular weight is 1020 g/mol. The number of phosphoric ester groups is 1. The van der Waals surface area contributed by atoms with Crippen LogP contribution in [-0.4, -0.2) is 64.9 Å². The minimum absolute atomic E-state index is 0.133. The standard InChI is InChI=1S/C59H108NO10P/c1-3-5-7-9-11-13-15-17-19-21-23-25-27-29-31-33-35-37-39-41-43-45-47-49-51-58(63)68-52-55(61)53-69-71(66,67)70-54-56(59(64)65)60-57(62)50-48-46-44-42-40-38-36-34-32-30-28-26-24-22-20-18-16-14-12-10-8-6-4-2/h12,14,18,20,24,26,30,32,55-56,61H,3-11,13,15-17,19,21-23,25,27-29,31,33-54H2,1-2H3,(H,60,62)(H,64,65)(H,66,67)/b14-12-,20-18-,26-24-,32-30-. The highest BCUT2D eigenvalue weighted by Gasteiger charge is 2.28. The zero-order valence-electron chi connectivity index (χ0n) is 45.5. The number of nitrogens with one attached hydrogen (secondary N) is 1. The van der Waals surface area contributed by atoms with Crippen molar-refractivity contribution in [3.05, 3.63) is 48.6 Å². The fourth-order valence-electron chi connectivity index (χ4n) is 8.36. The van der Waals surface area contributed by atoms with Crippen molar-refractivity contribution in [1.82, 2.24) is 5.32 Å². The number of phosphoric acid groups is 1. The number of ether oxygens (including phenoxy) is 1. The quantitative estimate of drug-likeness (QED) is 0.0199. The van der Waals surface area contributed by atoms with Gasteiger partial charge in [-0.3, -0.25) is 18.6 Å². The summed E-state index contributed by atoms with van der Waals surface area (Å²) in [4.78, 5) is 46.3. The average Bonchev–Trinajstić information content (AvgIpc) is 3.35. The molecule has 1 amide bonds. The molecule has 0 aromatic heterocycles. The number of hydrogen-bond donors (Lipinski definition) is 4. The first-order valence-electron chi connectivity index (χ1n) is 29.2. The molecule has 0 rings (SSSR count). The Morgan fingerprint density at radius 3 is 1.18 bits per heavy atom. The van der Waals surface area contributed by atoms with E-state index in [0.29, 0.717) is 12.8 Å². The topological polar surface area (TPSA) is 169 Å². The lowest BCUT2D eigenvalue weighted by Crippen LogP contribution is -2.43. The van der Waals surface area contributed by atoms with Gasteiger partial charge in [0.05, 0.1) is 13.2 Å². The van der Waals surface area contributed by atoms with Crippen LogP contribution in [0.4, 0.5) is 0 Å². The van der Waals surface area contributed by atoms with Crippen LogP contribution in [0, 0.1) is 0 Å². The van der Waals surface area contributed by atoms with Crippen LogP contribution in [0.2, 0.25) is 0 Å². The van der Waals surface area contributed by atoms with Gasteiger partial charge < -0.3 is 25.2 Å². The molecule has 71 heavy (non-hydrogen) atoms. The number of esters is 1. The molecule has 0 heterocycles. The number of hydrogen-bond acceptors (Lipinski definition) is 8. The van der Waals surface area contributed by atoms with Gasteiger partial charge >= 0.3 is 19.8 Å². The van der Waals surface area contributed by atoms with Crippen LogP contribution >= 0.6 is 7.82 Å². The molecule has 3 unspecified atom stereocenters. The summed E-state index contributed by atoms with van der Waals surface area (Å²) in [5.74, 6) is -2.37. The lowest BCUT2D eigenvalue weighted by molar-refractivity contribution is -0.147. The van der Waals surface area contributed by atoms with Crippen molar-refractivity contribution in [2.24, 2.45) is 0 Å². The highest BCUT2D eigenvalue weighted by molar-refractivity contribution is 7.47. The second-order valence-electron chi connectivity index (χ2n) is 19.8. The first kappa shape index (κ1) is 68.4. The first-order valence-corrected chi connectivity index (χ1v) is 30.7. The van der Waals surface area contributed by atoms with Gasteiger partial charge in [0.2, 0.25) is 5.91 Å². The van der Waals surface area contributed by atoms with Crippen molar-refractivity contribution in [3.63, 3.8) is 0 Å². The van der Waals surface area contributed by atoms with Crippen LogP contribution in [0.25, 0.3) is 0 Å². The van der Waals surface area contributed by atoms with Gasteiger partial charge in [-0.25, -0.2) is 9.36 Å². The number of carboxylic acids is 1. The molecule has 12 heteroatoms. The van der Waals surface area contributed by atoms with Crippen LogP contribution in [0.5, 0.6) is 0 Å². The van der Waals surface area contributed by atoms with Crippen LogP contribution in [0.3, 0.4) is 0 Å². The Kier molecular flexibility index (Phi) is 51.8. The van der Waals surface area contributed by atoms with Gasteiger partial charge in [0.1, 0.15) is 12.7 Å². The van der Waals surface area contributed by atoms with Crippen molar-refractivity contribution >= 4 is 25.7 Å². The SMILES string of the molecule is CCCCC/C=C\C/C=C\C/C=C\C/C=C\CCCCCCCCCC(=O)NC(COP(=O)(O)OCC(O)COC(=O)CCCCCCCCCCCCCCCCCCCCCCCCCC)C(=O)O. The van der Waals surface area contributed by atoms with E-state index >= 15 is 0 Å². The molecule has 4 N–H and O–H groups in total. The summed E-state index contributed by atoms with van der Waals surface area (Å²) in [6, 6.07) is -1.56. The molecular formula is C59H108NO10P. The largest absolute Gasteiger partial charge is 0.480 e. The van der Waals surface area contributed by atoms with E-state index in [1.165, 1.54) is 154 Å². The number of allylic oxidation sites excluding steroid dienone is 8. The lowest BCUT2D eigenvalue weighted by atomic mass is 10.0. The molecule has 3 atom stereocenters. The molecular weight excluding hydrogens is 914 g/mol. The van der Waals surface area contributed by atoms with Crippen molar-refractivity contribution in [1.29, 1.82) is 0 Å². The molecule has 414 valence electrons. The molecule has 0 aliphatic heterocycles. The molecule has 0 aliphatic rings. The maximum absolute atomic E-state index is 12.4. The van der Waals surface area contributed by atoms with E-state index < -0.39 is 57.6 Å². The van der Waals surface area contributed by atoms with Gasteiger partial charge in [-0.2, -0.15) is 0 Å². The van der Waals surface area contributed by atoms with E-state index in [4.69, 9.17) is 13.8 Å². The maximum atomic E-state index is 12.4. The Balaban J connectivity index is 3.78. The summed E-state index contributed by atoms with van der Waals surface area (Å²) in [6.45, 7) is 2.62. The van der Waals surface area contributed by atoms with Crippen molar-refractivity contribution in [3.8, 4) is 0 Å². The zero-order valence-corrected chi connectivity index (χ0v) is 46.4. The van der Waals surface area contributed by atoms with E-state index in [9.17, 15) is 34.1 Å². The fraction of sp³-hybridized carbons (Fsp3) is 0.814. The Morgan fingerprint density at radius 2 is 0.775 bits per heavy atom. The Hall–Kier alpha value is -2.56.